The van der Waals surface area contributed by atoms with E-state index in [9.17, 15) is 5.11 Å². The molecule has 0 aliphatic carbocycles. The number of benzene rings is 1. The maximum Gasteiger partial charge on any atom is 0.126 e. The standard InChI is InChI=1S/C14H21NO2/c1-4-15-10-14(16)9-13(2,3)17-12-8-6-5-7-11(12)14/h5-8,15-16H,4,9-10H2,1-3H3. The summed E-state index contributed by atoms with van der Waals surface area (Å²) >= 11 is 0. The molecule has 0 radical (unpaired) electrons. The number of ether oxygens (including phenoxy) is 1. The van der Waals surface area contributed by atoms with E-state index in [1.165, 1.54) is 0 Å². The van der Waals surface area contributed by atoms with Crippen LogP contribution >= 0.6 is 0 Å². The van der Waals surface area contributed by atoms with Gasteiger partial charge in [-0.3, -0.25) is 0 Å². The van der Waals surface area contributed by atoms with E-state index >= 15 is 0 Å². The zero-order chi connectivity index (χ0) is 12.5. The minimum Gasteiger partial charge on any atom is -0.487 e. The van der Waals surface area contributed by atoms with E-state index in [2.05, 4.69) is 5.32 Å². The Labute approximate surface area is 103 Å². The summed E-state index contributed by atoms with van der Waals surface area (Å²) in [7, 11) is 0. The van der Waals surface area contributed by atoms with Crippen LogP contribution in [0, 0.1) is 0 Å². The first kappa shape index (κ1) is 12.4. The molecule has 1 atom stereocenters. The zero-order valence-electron chi connectivity index (χ0n) is 10.8. The number of hydrogen-bond donors (Lipinski definition) is 2. The van der Waals surface area contributed by atoms with Crippen molar-refractivity contribution >= 4 is 0 Å². The predicted molar refractivity (Wildman–Crippen MR) is 68.2 cm³/mol. The van der Waals surface area contributed by atoms with Crippen LogP contribution in [0.25, 0.3) is 0 Å². The monoisotopic (exact) mass is 235 g/mol. The van der Waals surface area contributed by atoms with Gasteiger partial charge >= 0.3 is 0 Å². The highest BCUT2D eigenvalue weighted by Gasteiger charge is 2.43. The van der Waals surface area contributed by atoms with Crippen LogP contribution in [0.4, 0.5) is 0 Å². The van der Waals surface area contributed by atoms with Crippen molar-refractivity contribution in [3.05, 3.63) is 29.8 Å². The highest BCUT2D eigenvalue weighted by atomic mass is 16.5. The largest absolute Gasteiger partial charge is 0.487 e. The third kappa shape index (κ3) is 2.45. The lowest BCUT2D eigenvalue weighted by molar-refractivity contribution is -0.0622. The molecule has 1 unspecified atom stereocenters. The first-order valence-electron chi connectivity index (χ1n) is 6.18. The number of aliphatic hydroxyl groups is 1. The van der Waals surface area contributed by atoms with E-state index in [1.807, 2.05) is 45.0 Å². The predicted octanol–water partition coefficient (Wildman–Crippen LogP) is 2.04. The van der Waals surface area contributed by atoms with Crippen LogP contribution < -0.4 is 10.1 Å². The van der Waals surface area contributed by atoms with Crippen LogP contribution in [0.5, 0.6) is 5.75 Å². The van der Waals surface area contributed by atoms with Crippen LogP contribution in [-0.4, -0.2) is 23.8 Å². The molecule has 94 valence electrons. The van der Waals surface area contributed by atoms with Gasteiger partial charge < -0.3 is 15.2 Å². The molecule has 3 nitrogen and oxygen atoms in total. The summed E-state index contributed by atoms with van der Waals surface area (Å²) in [6.45, 7) is 7.48. The number of hydrogen-bond acceptors (Lipinski definition) is 3. The average Bonchev–Trinajstić information content (AvgIpc) is 2.25. The number of nitrogens with one attached hydrogen (secondary N) is 1. The lowest BCUT2D eigenvalue weighted by atomic mass is 9.80. The molecular weight excluding hydrogens is 214 g/mol. The van der Waals surface area contributed by atoms with Gasteiger partial charge in [0, 0.05) is 18.5 Å². The molecule has 1 heterocycles. The Morgan fingerprint density at radius 3 is 2.76 bits per heavy atom. The van der Waals surface area contributed by atoms with Gasteiger partial charge in [0.2, 0.25) is 0 Å². The minimum atomic E-state index is -0.839. The third-order valence-electron chi connectivity index (χ3n) is 3.16. The quantitative estimate of drug-likeness (QED) is 0.842. The molecular formula is C14H21NO2. The fourth-order valence-corrected chi connectivity index (χ4v) is 2.56. The SMILES string of the molecule is CCNCC1(O)CC(C)(C)Oc2ccccc21. The van der Waals surface area contributed by atoms with E-state index in [1.54, 1.807) is 0 Å². The van der Waals surface area contributed by atoms with Gasteiger partial charge in [-0.25, -0.2) is 0 Å². The smallest absolute Gasteiger partial charge is 0.126 e. The molecule has 2 N–H and O–H groups in total. The lowest BCUT2D eigenvalue weighted by Gasteiger charge is -2.43. The van der Waals surface area contributed by atoms with Crippen LogP contribution in [0.1, 0.15) is 32.8 Å². The Kier molecular flexibility index (Phi) is 3.15. The molecule has 0 saturated heterocycles. The molecule has 1 aliphatic rings. The second kappa shape index (κ2) is 4.31. The lowest BCUT2D eigenvalue weighted by Crippen LogP contribution is -2.49. The zero-order valence-corrected chi connectivity index (χ0v) is 10.8. The normalized spacial score (nSPS) is 26.1. The molecule has 0 saturated carbocycles. The highest BCUT2D eigenvalue weighted by molar-refractivity contribution is 5.41. The maximum absolute atomic E-state index is 10.8. The van der Waals surface area contributed by atoms with Crippen molar-refractivity contribution in [1.29, 1.82) is 0 Å². The second-order valence-electron chi connectivity index (χ2n) is 5.35. The van der Waals surface area contributed by atoms with E-state index in [0.29, 0.717) is 13.0 Å². The Bertz CT molecular complexity index is 403. The highest BCUT2D eigenvalue weighted by Crippen LogP contribution is 2.42. The topological polar surface area (TPSA) is 41.5 Å². The fourth-order valence-electron chi connectivity index (χ4n) is 2.56. The average molecular weight is 235 g/mol. The van der Waals surface area contributed by atoms with Crippen molar-refractivity contribution < 1.29 is 9.84 Å². The van der Waals surface area contributed by atoms with Gasteiger partial charge in [0.25, 0.3) is 0 Å². The Morgan fingerprint density at radius 1 is 1.35 bits per heavy atom. The number of fused-ring (bicyclic) bond motifs is 1. The van der Waals surface area contributed by atoms with Crippen LogP contribution in [-0.2, 0) is 5.60 Å². The van der Waals surface area contributed by atoms with Gasteiger partial charge in [-0.2, -0.15) is 0 Å². The Hall–Kier alpha value is -1.06. The summed E-state index contributed by atoms with van der Waals surface area (Å²) in [6.07, 6.45) is 0.601. The molecule has 1 aromatic rings. The van der Waals surface area contributed by atoms with Gasteiger partial charge in [-0.15, -0.1) is 0 Å². The Morgan fingerprint density at radius 2 is 2.06 bits per heavy atom. The van der Waals surface area contributed by atoms with Gasteiger partial charge in [-0.1, -0.05) is 25.1 Å². The van der Waals surface area contributed by atoms with E-state index in [-0.39, 0.29) is 5.60 Å². The summed E-state index contributed by atoms with van der Waals surface area (Å²) in [5, 5.41) is 14.1. The van der Waals surface area contributed by atoms with Gasteiger partial charge in [-0.05, 0) is 26.5 Å². The van der Waals surface area contributed by atoms with Crippen molar-refractivity contribution in [3.8, 4) is 5.75 Å². The van der Waals surface area contributed by atoms with Crippen LogP contribution in [0.15, 0.2) is 24.3 Å². The van der Waals surface area contributed by atoms with Crippen molar-refractivity contribution in [1.82, 2.24) is 5.32 Å². The molecule has 0 amide bonds. The second-order valence-corrected chi connectivity index (χ2v) is 5.35. The van der Waals surface area contributed by atoms with E-state index in [0.717, 1.165) is 17.9 Å². The molecule has 1 aliphatic heterocycles. The number of likely N-dealkylation sites (N-methyl/N-ethyl adjacent to an activating group) is 1. The summed E-state index contributed by atoms with van der Waals surface area (Å²) < 4.78 is 5.91. The summed E-state index contributed by atoms with van der Waals surface area (Å²) in [4.78, 5) is 0. The number of para-hydroxylation sites is 1. The van der Waals surface area contributed by atoms with Crippen LogP contribution in [0.3, 0.4) is 0 Å². The molecule has 0 fully saturated rings. The molecule has 0 aromatic heterocycles. The third-order valence-corrected chi connectivity index (χ3v) is 3.16. The molecule has 3 heteroatoms. The summed E-state index contributed by atoms with van der Waals surface area (Å²) in [6, 6.07) is 7.75. The Balaban J connectivity index is 2.38. The molecule has 0 spiro atoms. The molecule has 1 aromatic carbocycles. The van der Waals surface area contributed by atoms with Crippen molar-refractivity contribution in [2.75, 3.05) is 13.1 Å². The van der Waals surface area contributed by atoms with Gasteiger partial charge in [0.05, 0.1) is 0 Å². The van der Waals surface area contributed by atoms with Crippen molar-refractivity contribution in [3.63, 3.8) is 0 Å². The fraction of sp³-hybridized carbons (Fsp3) is 0.571. The van der Waals surface area contributed by atoms with Gasteiger partial charge in [0.1, 0.15) is 17.0 Å². The maximum atomic E-state index is 10.8. The first-order chi connectivity index (χ1) is 7.97. The molecule has 0 bridgehead atoms. The van der Waals surface area contributed by atoms with E-state index < -0.39 is 5.60 Å². The number of rotatable bonds is 3. The molecule has 2 rings (SSSR count). The molecule has 17 heavy (non-hydrogen) atoms. The van der Waals surface area contributed by atoms with Gasteiger partial charge in [0.15, 0.2) is 0 Å². The van der Waals surface area contributed by atoms with E-state index in [4.69, 9.17) is 4.74 Å². The minimum absolute atomic E-state index is 0.335. The first-order valence-corrected chi connectivity index (χ1v) is 6.18. The van der Waals surface area contributed by atoms with Crippen molar-refractivity contribution in [2.45, 2.75) is 38.4 Å². The van der Waals surface area contributed by atoms with Crippen molar-refractivity contribution in [2.24, 2.45) is 0 Å². The summed E-state index contributed by atoms with van der Waals surface area (Å²) in [5.41, 5.74) is -0.285. The van der Waals surface area contributed by atoms with Crippen LogP contribution in [0.2, 0.25) is 0 Å². The summed E-state index contributed by atoms with van der Waals surface area (Å²) in [5.74, 6) is 0.796.